The van der Waals surface area contributed by atoms with Gasteiger partial charge in [-0.3, -0.25) is 28.8 Å². The van der Waals surface area contributed by atoms with Crippen LogP contribution in [0, 0.1) is 5.92 Å². The number of hydrogen-bond acceptors (Lipinski definition) is 11. The Labute approximate surface area is 430 Å². The van der Waals surface area contributed by atoms with Gasteiger partial charge in [0.15, 0.2) is 0 Å². The number of nitrogens with zero attached hydrogens (tertiary/aromatic N) is 2. The minimum atomic E-state index is -1.18. The van der Waals surface area contributed by atoms with E-state index in [0.717, 1.165) is 55.2 Å². The van der Waals surface area contributed by atoms with E-state index in [1.807, 2.05) is 19.1 Å². The second-order valence-corrected chi connectivity index (χ2v) is 19.7. The molecule has 4 N–H and O–H groups in total. The second-order valence-electron chi connectivity index (χ2n) is 19.7. The van der Waals surface area contributed by atoms with E-state index in [1.54, 1.807) is 33.4 Å². The van der Waals surface area contributed by atoms with E-state index in [-0.39, 0.29) is 25.4 Å². The lowest BCUT2D eigenvalue weighted by molar-refractivity contribution is -0.145. The van der Waals surface area contributed by atoms with Crippen molar-refractivity contribution in [3.05, 3.63) is 46.8 Å². The molecule has 406 valence electrons. The second kappa shape index (κ2) is 33.6. The minimum absolute atomic E-state index is 0.0419. The lowest BCUT2D eigenvalue weighted by Gasteiger charge is -2.37. The van der Waals surface area contributed by atoms with Crippen LogP contribution in [-0.4, -0.2) is 143 Å². The maximum absolute atomic E-state index is 14.3. The molecule has 1 aliphatic heterocycles. The Bertz CT molecular complexity index is 1900. The average Bonchev–Trinajstić information content (AvgIpc) is 3.37. The van der Waals surface area contributed by atoms with Gasteiger partial charge in [-0.1, -0.05) is 128 Å². The number of allylic oxidation sites excluding steroid dienone is 2. The highest BCUT2D eigenvalue weighted by atomic mass is 16.5. The summed E-state index contributed by atoms with van der Waals surface area (Å²) >= 11 is 0. The van der Waals surface area contributed by atoms with Crippen LogP contribution in [0.15, 0.2) is 46.8 Å². The first-order valence-electron chi connectivity index (χ1n) is 26.9. The third-order valence-electron chi connectivity index (χ3n) is 14.1. The maximum Gasteiger partial charge on any atom is 0.328 e. The standard InChI is InChI=1S/C55H90N6O11/c1-10-12-14-15-16-17-18-19-20-21-22-23-24-25-26-27-48(62)60(5)45(37-72-32-13-11-2)53(66)57-38(3)51(64)56-36-49(63)61(6)50-41-29-31-47(70-8)43(35-41)42-33-40(28-30-46(42)69-7)34-44(55(68)71-9)59-52(65)39(4)58-54(50)67/h28-29,31,33,38-39,41,44-46,50H,10-27,30,32,34-37H2,1-9H3,(H,56,64)(H,57,66)(H,58,67)(H,59,65)/t38-,39+,41+,44+,45-,46+,50+/m1/s1. The zero-order valence-electron chi connectivity index (χ0n) is 45.2. The third-order valence-corrected chi connectivity index (χ3v) is 14.1. The number of ether oxygens (including phenoxy) is 4. The number of amides is 6. The van der Waals surface area contributed by atoms with Crippen molar-refractivity contribution in [2.75, 3.05) is 55.2 Å². The molecule has 0 spiro atoms. The fraction of sp³-hybridized carbons (Fsp3) is 0.727. The molecule has 3 aliphatic rings. The number of likely N-dealkylation sites (N-methyl/N-ethyl adjacent to an activating group) is 2. The number of methoxy groups -OCH3 is 3. The summed E-state index contributed by atoms with van der Waals surface area (Å²) in [7, 11) is 7.39. The summed E-state index contributed by atoms with van der Waals surface area (Å²) in [6.45, 7) is 7.09. The number of carbonyl (C=O) groups is 7. The topological polar surface area (TPSA) is 211 Å². The molecule has 7 atom stereocenters. The van der Waals surface area contributed by atoms with Crippen molar-refractivity contribution < 1.29 is 52.5 Å². The van der Waals surface area contributed by atoms with Crippen molar-refractivity contribution >= 4 is 41.4 Å². The molecule has 0 saturated carbocycles. The van der Waals surface area contributed by atoms with Gasteiger partial charge in [0.1, 0.15) is 36.0 Å². The van der Waals surface area contributed by atoms with E-state index in [4.69, 9.17) is 18.9 Å². The number of unbranched alkanes of at least 4 members (excludes halogenated alkanes) is 15. The number of carbonyl (C=O) groups excluding carboxylic acids is 7. The van der Waals surface area contributed by atoms with Crippen LogP contribution >= 0.6 is 0 Å². The van der Waals surface area contributed by atoms with E-state index in [2.05, 4.69) is 28.2 Å². The predicted octanol–water partition coefficient (Wildman–Crippen LogP) is 6.65. The van der Waals surface area contributed by atoms with Gasteiger partial charge in [0.25, 0.3) is 0 Å². The molecule has 0 aromatic heterocycles. The highest BCUT2D eigenvalue weighted by Crippen LogP contribution is 2.38. The molecule has 0 aromatic carbocycles. The van der Waals surface area contributed by atoms with E-state index in [9.17, 15) is 33.6 Å². The van der Waals surface area contributed by atoms with Gasteiger partial charge in [0.05, 0.1) is 33.5 Å². The van der Waals surface area contributed by atoms with Crippen LogP contribution in [0.5, 0.6) is 0 Å². The van der Waals surface area contributed by atoms with Crippen molar-refractivity contribution in [2.45, 2.75) is 199 Å². The molecule has 2 aliphatic carbocycles. The molecule has 72 heavy (non-hydrogen) atoms. The molecule has 0 unspecified atom stereocenters. The molecule has 0 radical (unpaired) electrons. The number of fused-ring (bicyclic) bond motifs is 4. The monoisotopic (exact) mass is 1010 g/mol. The fourth-order valence-corrected chi connectivity index (χ4v) is 9.43. The quantitative estimate of drug-likeness (QED) is 0.0427. The summed E-state index contributed by atoms with van der Waals surface area (Å²) in [4.78, 5) is 98.0. The predicted molar refractivity (Wildman–Crippen MR) is 278 cm³/mol. The van der Waals surface area contributed by atoms with Crippen LogP contribution in [0.2, 0.25) is 0 Å². The summed E-state index contributed by atoms with van der Waals surface area (Å²) in [5, 5.41) is 10.8. The van der Waals surface area contributed by atoms with Crippen molar-refractivity contribution in [1.82, 2.24) is 31.1 Å². The Balaban J connectivity index is 1.64. The van der Waals surface area contributed by atoms with E-state index in [0.29, 0.717) is 25.2 Å². The highest BCUT2D eigenvalue weighted by molar-refractivity contribution is 5.96. The van der Waals surface area contributed by atoms with Crippen LogP contribution < -0.4 is 21.3 Å². The van der Waals surface area contributed by atoms with Crippen molar-refractivity contribution in [3.8, 4) is 0 Å². The molecular formula is C55H90N6O11. The van der Waals surface area contributed by atoms with Gasteiger partial charge in [-0.25, -0.2) is 4.79 Å². The number of hydrogen-bond donors (Lipinski definition) is 4. The van der Waals surface area contributed by atoms with Gasteiger partial charge in [0.2, 0.25) is 35.4 Å². The van der Waals surface area contributed by atoms with E-state index >= 15 is 0 Å². The number of nitrogens with one attached hydrogen (secondary N) is 4. The summed E-state index contributed by atoms with van der Waals surface area (Å²) < 4.78 is 22.5. The number of esters is 1. The summed E-state index contributed by atoms with van der Waals surface area (Å²) in [6, 6.07) is -5.43. The van der Waals surface area contributed by atoms with Crippen LogP contribution in [-0.2, 0) is 52.5 Å². The Hall–Kier alpha value is -5.03. The van der Waals surface area contributed by atoms with Gasteiger partial charge in [0, 0.05) is 52.1 Å². The highest BCUT2D eigenvalue weighted by Gasteiger charge is 2.40. The SMILES string of the molecule is CCCCCCCCCCCCCCCCCC(=O)N(C)[C@H](COCCCC)C(=O)N[C@H](C)C(=O)NCC(=O)N(C)[C@@H]1C(=O)N[C@@H](C)C(=O)N[C@H](C(=O)OC)CC2=CC[C@H](OC)C(=C2)C2=C(OC)C=C[C@H]1C2. The van der Waals surface area contributed by atoms with Crippen LogP contribution in [0.25, 0.3) is 0 Å². The third kappa shape index (κ3) is 20.1. The normalized spacial score (nSPS) is 20.9. The Kier molecular flexibility index (Phi) is 28.6. The molecule has 3 rings (SSSR count). The zero-order chi connectivity index (χ0) is 53.0. The minimum Gasteiger partial charge on any atom is -0.496 e. The lowest BCUT2D eigenvalue weighted by Crippen LogP contribution is -2.58. The molecule has 17 heteroatoms. The molecular weight excluding hydrogens is 921 g/mol. The van der Waals surface area contributed by atoms with Crippen LogP contribution in [0.1, 0.15) is 163 Å². The molecule has 4 bridgehead atoms. The van der Waals surface area contributed by atoms with Crippen LogP contribution in [0.4, 0.5) is 0 Å². The average molecular weight is 1010 g/mol. The fourth-order valence-electron chi connectivity index (χ4n) is 9.43. The molecule has 17 nitrogen and oxygen atoms in total. The lowest BCUT2D eigenvalue weighted by atomic mass is 9.79. The smallest absolute Gasteiger partial charge is 0.328 e. The van der Waals surface area contributed by atoms with Crippen molar-refractivity contribution in [3.63, 3.8) is 0 Å². The molecule has 0 aromatic rings. The van der Waals surface area contributed by atoms with Gasteiger partial charge in [-0.05, 0) is 56.8 Å². The summed E-state index contributed by atoms with van der Waals surface area (Å²) in [6.07, 6.45) is 28.1. The molecule has 6 amide bonds. The van der Waals surface area contributed by atoms with E-state index in [1.165, 1.54) is 108 Å². The largest absolute Gasteiger partial charge is 0.496 e. The first-order valence-corrected chi connectivity index (χ1v) is 26.9. The van der Waals surface area contributed by atoms with Crippen LogP contribution in [0.3, 0.4) is 0 Å². The van der Waals surface area contributed by atoms with E-state index < -0.39 is 84.3 Å². The summed E-state index contributed by atoms with van der Waals surface area (Å²) in [5.41, 5.74) is 2.28. The first-order chi connectivity index (χ1) is 34.6. The Morgan fingerprint density at radius 1 is 0.778 bits per heavy atom. The maximum atomic E-state index is 14.3. The zero-order valence-corrected chi connectivity index (χ0v) is 45.2. The van der Waals surface area contributed by atoms with Crippen molar-refractivity contribution in [1.29, 1.82) is 0 Å². The summed E-state index contributed by atoms with van der Waals surface area (Å²) in [5.74, 6) is -4.03. The van der Waals surface area contributed by atoms with Gasteiger partial charge >= 0.3 is 5.97 Å². The van der Waals surface area contributed by atoms with Gasteiger partial charge in [-0.15, -0.1) is 0 Å². The first kappa shape index (κ1) is 61.3. The number of rotatable bonds is 31. The molecule has 1 heterocycles. The van der Waals surface area contributed by atoms with Gasteiger partial charge in [-0.2, -0.15) is 0 Å². The Morgan fingerprint density at radius 3 is 1.97 bits per heavy atom. The van der Waals surface area contributed by atoms with Gasteiger partial charge < -0.3 is 50.0 Å². The molecule has 0 saturated heterocycles. The Morgan fingerprint density at radius 2 is 1.39 bits per heavy atom. The molecule has 0 fully saturated rings. The van der Waals surface area contributed by atoms with Crippen molar-refractivity contribution in [2.24, 2.45) is 5.92 Å².